The van der Waals surface area contributed by atoms with Gasteiger partial charge in [0.05, 0.1) is 10.5 Å². The lowest BCUT2D eigenvalue weighted by atomic mass is 10.1. The largest absolute Gasteiger partial charge is 0.371 e. The van der Waals surface area contributed by atoms with E-state index in [0.29, 0.717) is 5.56 Å². The maximum absolute atomic E-state index is 12.1. The number of amides is 1. The minimum atomic E-state index is -0.461. The Balaban J connectivity index is 1.73. The molecule has 0 aliphatic carbocycles. The van der Waals surface area contributed by atoms with Crippen LogP contribution in [0.1, 0.15) is 18.1 Å². The summed E-state index contributed by atoms with van der Waals surface area (Å²) in [5, 5.41) is 13.8. The number of likely N-dealkylation sites (N-methyl/N-ethyl adjacent to an activating group) is 1. The second kappa shape index (κ2) is 7.17. The van der Waals surface area contributed by atoms with Crippen LogP contribution in [-0.2, 0) is 11.2 Å². The summed E-state index contributed by atoms with van der Waals surface area (Å²) in [6.07, 6.45) is 3.79. The van der Waals surface area contributed by atoms with Gasteiger partial charge in [-0.15, -0.1) is 0 Å². The fourth-order valence-corrected chi connectivity index (χ4v) is 3.00. The molecule has 0 aromatic heterocycles. The number of para-hydroxylation sites is 1. The molecule has 0 spiro atoms. The normalized spacial score (nSPS) is 13.1. The molecule has 3 rings (SSSR count). The van der Waals surface area contributed by atoms with Gasteiger partial charge in [-0.1, -0.05) is 18.2 Å². The Morgan fingerprint density at radius 1 is 1.32 bits per heavy atom. The summed E-state index contributed by atoms with van der Waals surface area (Å²) in [6, 6.07) is 12.2. The monoisotopic (exact) mass is 337 g/mol. The quantitative estimate of drug-likeness (QED) is 0.513. The van der Waals surface area contributed by atoms with Crippen LogP contribution in [0.4, 0.5) is 17.1 Å². The van der Waals surface area contributed by atoms with Crippen molar-refractivity contribution in [2.75, 3.05) is 23.3 Å². The predicted molar refractivity (Wildman–Crippen MR) is 98.8 cm³/mol. The molecule has 0 radical (unpaired) electrons. The Morgan fingerprint density at radius 3 is 2.88 bits per heavy atom. The van der Waals surface area contributed by atoms with E-state index in [1.54, 1.807) is 18.2 Å². The third kappa shape index (κ3) is 3.68. The third-order valence-electron chi connectivity index (χ3n) is 4.27. The zero-order valence-corrected chi connectivity index (χ0v) is 13.9. The van der Waals surface area contributed by atoms with Gasteiger partial charge in [0.25, 0.3) is 5.69 Å². The molecule has 1 heterocycles. The van der Waals surface area contributed by atoms with Crippen molar-refractivity contribution in [3.63, 3.8) is 0 Å². The Morgan fingerprint density at radius 2 is 2.12 bits per heavy atom. The van der Waals surface area contributed by atoms with Gasteiger partial charge in [0.2, 0.25) is 5.91 Å². The number of benzene rings is 2. The molecule has 0 unspecified atom stereocenters. The molecule has 2 aromatic rings. The van der Waals surface area contributed by atoms with Gasteiger partial charge in [0.15, 0.2) is 0 Å². The van der Waals surface area contributed by atoms with Gasteiger partial charge in [-0.05, 0) is 43.2 Å². The van der Waals surface area contributed by atoms with Crippen molar-refractivity contribution in [2.24, 2.45) is 0 Å². The lowest BCUT2D eigenvalue weighted by molar-refractivity contribution is -0.385. The molecule has 0 bridgehead atoms. The fourth-order valence-electron chi connectivity index (χ4n) is 3.00. The number of rotatable bonds is 5. The van der Waals surface area contributed by atoms with Crippen LogP contribution in [0.2, 0.25) is 0 Å². The van der Waals surface area contributed by atoms with E-state index >= 15 is 0 Å². The number of nitrogens with zero attached hydrogens (tertiary/aromatic N) is 2. The van der Waals surface area contributed by atoms with E-state index in [2.05, 4.69) is 17.1 Å². The summed E-state index contributed by atoms with van der Waals surface area (Å²) >= 11 is 0. The SMILES string of the molecule is CCN1CCc2ccc(NC(=O)/C=C/c3ccccc3[N+](=O)[O-])cc21. The molecule has 1 N–H and O–H groups in total. The van der Waals surface area contributed by atoms with Crippen LogP contribution in [0, 0.1) is 10.1 Å². The molecule has 1 aliphatic rings. The van der Waals surface area contributed by atoms with Crippen molar-refractivity contribution in [3.05, 3.63) is 69.8 Å². The molecule has 0 saturated heterocycles. The van der Waals surface area contributed by atoms with Crippen LogP contribution in [0.5, 0.6) is 0 Å². The molecular formula is C19H19N3O3. The van der Waals surface area contributed by atoms with Crippen molar-refractivity contribution in [1.82, 2.24) is 0 Å². The number of carbonyl (C=O) groups excluding carboxylic acids is 1. The molecular weight excluding hydrogens is 318 g/mol. The second-order valence-corrected chi connectivity index (χ2v) is 5.81. The van der Waals surface area contributed by atoms with Gasteiger partial charge in [0.1, 0.15) is 0 Å². The molecule has 6 nitrogen and oxygen atoms in total. The third-order valence-corrected chi connectivity index (χ3v) is 4.27. The maximum Gasteiger partial charge on any atom is 0.276 e. The van der Waals surface area contributed by atoms with E-state index in [4.69, 9.17) is 0 Å². The summed E-state index contributed by atoms with van der Waals surface area (Å²) in [6.45, 7) is 4.04. The van der Waals surface area contributed by atoms with Gasteiger partial charge in [-0.2, -0.15) is 0 Å². The summed E-state index contributed by atoms with van der Waals surface area (Å²) in [5.41, 5.74) is 3.53. The van der Waals surface area contributed by atoms with E-state index in [9.17, 15) is 14.9 Å². The Kier molecular flexibility index (Phi) is 4.79. The Bertz CT molecular complexity index is 846. The molecule has 1 amide bonds. The summed E-state index contributed by atoms with van der Waals surface area (Å²) < 4.78 is 0. The number of anilines is 2. The first-order chi connectivity index (χ1) is 12.1. The minimum absolute atomic E-state index is 0.0253. The van der Waals surface area contributed by atoms with E-state index in [1.165, 1.54) is 23.8 Å². The van der Waals surface area contributed by atoms with Crippen LogP contribution in [-0.4, -0.2) is 23.9 Å². The molecule has 6 heteroatoms. The standard InChI is InChI=1S/C19H19N3O3/c1-2-21-12-11-15-7-9-16(13-18(15)21)20-19(23)10-8-14-5-3-4-6-17(14)22(24)25/h3-10,13H,2,11-12H2,1H3,(H,20,23)/b10-8+. The molecule has 128 valence electrons. The number of hydrogen-bond acceptors (Lipinski definition) is 4. The molecule has 25 heavy (non-hydrogen) atoms. The highest BCUT2D eigenvalue weighted by molar-refractivity contribution is 6.02. The van der Waals surface area contributed by atoms with Crippen molar-refractivity contribution < 1.29 is 9.72 Å². The van der Waals surface area contributed by atoms with Crippen LogP contribution >= 0.6 is 0 Å². The average molecular weight is 337 g/mol. The van der Waals surface area contributed by atoms with Crippen LogP contribution in [0.15, 0.2) is 48.5 Å². The van der Waals surface area contributed by atoms with E-state index < -0.39 is 4.92 Å². The van der Waals surface area contributed by atoms with Gasteiger partial charge in [-0.3, -0.25) is 14.9 Å². The molecule has 0 atom stereocenters. The van der Waals surface area contributed by atoms with Crippen molar-refractivity contribution in [3.8, 4) is 0 Å². The van der Waals surface area contributed by atoms with Crippen molar-refractivity contribution >= 4 is 29.0 Å². The molecule has 1 aliphatic heterocycles. The highest BCUT2D eigenvalue weighted by Crippen LogP contribution is 2.30. The molecule has 0 saturated carbocycles. The number of nitrogens with one attached hydrogen (secondary N) is 1. The number of nitro benzene ring substituents is 1. The van der Waals surface area contributed by atoms with Gasteiger partial charge in [-0.25, -0.2) is 0 Å². The first-order valence-corrected chi connectivity index (χ1v) is 8.19. The van der Waals surface area contributed by atoms with Gasteiger partial charge in [0, 0.05) is 36.6 Å². The Labute approximate surface area is 145 Å². The van der Waals surface area contributed by atoms with Crippen LogP contribution < -0.4 is 10.2 Å². The Hall–Kier alpha value is -3.15. The van der Waals surface area contributed by atoms with Crippen molar-refractivity contribution in [2.45, 2.75) is 13.3 Å². The van der Waals surface area contributed by atoms with Crippen molar-refractivity contribution in [1.29, 1.82) is 0 Å². The minimum Gasteiger partial charge on any atom is -0.371 e. The average Bonchev–Trinajstić information content (AvgIpc) is 3.02. The number of nitro groups is 1. The molecule has 0 fully saturated rings. The number of fused-ring (bicyclic) bond motifs is 1. The maximum atomic E-state index is 12.1. The smallest absolute Gasteiger partial charge is 0.276 e. The fraction of sp³-hybridized carbons (Fsp3) is 0.211. The number of carbonyl (C=O) groups is 1. The molecule has 2 aromatic carbocycles. The zero-order valence-electron chi connectivity index (χ0n) is 13.9. The summed E-state index contributed by atoms with van der Waals surface area (Å²) in [5.74, 6) is -0.320. The highest BCUT2D eigenvalue weighted by Gasteiger charge is 2.18. The first kappa shape index (κ1) is 16.7. The zero-order chi connectivity index (χ0) is 17.8. The van der Waals surface area contributed by atoms with E-state index in [-0.39, 0.29) is 11.6 Å². The highest BCUT2D eigenvalue weighted by atomic mass is 16.6. The van der Waals surface area contributed by atoms with E-state index in [1.807, 2.05) is 18.2 Å². The summed E-state index contributed by atoms with van der Waals surface area (Å²) in [4.78, 5) is 24.9. The predicted octanol–water partition coefficient (Wildman–Crippen LogP) is 3.63. The second-order valence-electron chi connectivity index (χ2n) is 5.81. The van der Waals surface area contributed by atoms with Crippen LogP contribution in [0.25, 0.3) is 6.08 Å². The lowest BCUT2D eigenvalue weighted by Crippen LogP contribution is -2.19. The van der Waals surface area contributed by atoms with Gasteiger partial charge < -0.3 is 10.2 Å². The lowest BCUT2D eigenvalue weighted by Gasteiger charge is -2.17. The number of hydrogen-bond donors (Lipinski definition) is 1. The first-order valence-electron chi connectivity index (χ1n) is 8.19. The topological polar surface area (TPSA) is 75.5 Å². The summed E-state index contributed by atoms with van der Waals surface area (Å²) in [7, 11) is 0. The van der Waals surface area contributed by atoms with Crippen LogP contribution in [0.3, 0.4) is 0 Å². The van der Waals surface area contributed by atoms with E-state index in [0.717, 1.165) is 30.9 Å². The van der Waals surface area contributed by atoms with Gasteiger partial charge >= 0.3 is 0 Å².